The van der Waals surface area contributed by atoms with Gasteiger partial charge in [-0.25, -0.2) is 0 Å². The highest BCUT2D eigenvalue weighted by atomic mass is 35.5. The summed E-state index contributed by atoms with van der Waals surface area (Å²) in [6.45, 7) is 8.44. The van der Waals surface area contributed by atoms with E-state index < -0.39 is 6.10 Å². The van der Waals surface area contributed by atoms with Crippen molar-refractivity contribution < 1.29 is 9.53 Å². The molecule has 2 N–H and O–H groups in total. The summed E-state index contributed by atoms with van der Waals surface area (Å²) in [6, 6.07) is 7.61. The molecule has 1 saturated heterocycles. The molecule has 0 aromatic heterocycles. The second kappa shape index (κ2) is 8.88. The lowest BCUT2D eigenvalue weighted by Crippen LogP contribution is -2.48. The quantitative estimate of drug-likeness (QED) is 0.865. The number of morpholine rings is 1. The van der Waals surface area contributed by atoms with Crippen LogP contribution in [0.4, 0.5) is 0 Å². The van der Waals surface area contributed by atoms with Gasteiger partial charge in [0, 0.05) is 18.1 Å². The minimum absolute atomic E-state index is 0. The maximum absolute atomic E-state index is 12.4. The fraction of sp³-hybridized carbons (Fsp3) is 0.588. The summed E-state index contributed by atoms with van der Waals surface area (Å²) in [5.41, 5.74) is 1.17. The molecule has 0 bridgehead atoms. The topological polar surface area (TPSA) is 50.4 Å². The van der Waals surface area contributed by atoms with Crippen molar-refractivity contribution in [3.8, 4) is 0 Å². The first kappa shape index (κ1) is 20.2. The van der Waals surface area contributed by atoms with Crippen molar-refractivity contribution in [2.24, 2.45) is 5.41 Å². The molecule has 1 heterocycles. The number of carbonyl (C=O) groups is 1. The summed E-state index contributed by atoms with van der Waals surface area (Å²) in [5.74, 6) is -0.0589. The van der Waals surface area contributed by atoms with Gasteiger partial charge < -0.3 is 15.4 Å². The molecule has 1 amide bonds. The van der Waals surface area contributed by atoms with E-state index >= 15 is 0 Å². The van der Waals surface area contributed by atoms with Crippen LogP contribution in [0.25, 0.3) is 0 Å². The highest BCUT2D eigenvalue weighted by Crippen LogP contribution is 2.30. The molecule has 1 aromatic rings. The van der Waals surface area contributed by atoms with Gasteiger partial charge in [-0.05, 0) is 29.5 Å². The second-order valence-corrected chi connectivity index (χ2v) is 7.38. The monoisotopic (exact) mass is 360 g/mol. The maximum Gasteiger partial charge on any atom is 0.250 e. The largest absolute Gasteiger partial charge is 0.366 e. The normalized spacial score (nSPS) is 19.6. The van der Waals surface area contributed by atoms with Crippen LogP contribution in [0.3, 0.4) is 0 Å². The molecular weight excluding hydrogens is 335 g/mol. The van der Waals surface area contributed by atoms with E-state index in [4.69, 9.17) is 16.3 Å². The van der Waals surface area contributed by atoms with E-state index in [9.17, 15) is 4.79 Å². The first-order valence-electron chi connectivity index (χ1n) is 7.73. The number of halogens is 2. The number of rotatable bonds is 4. The highest BCUT2D eigenvalue weighted by Gasteiger charge is 2.27. The van der Waals surface area contributed by atoms with E-state index in [1.54, 1.807) is 0 Å². The predicted octanol–water partition coefficient (Wildman–Crippen LogP) is 3.34. The first-order valence-corrected chi connectivity index (χ1v) is 8.11. The second-order valence-electron chi connectivity index (χ2n) is 6.94. The molecule has 6 heteroatoms. The van der Waals surface area contributed by atoms with E-state index in [-0.39, 0.29) is 29.8 Å². The zero-order chi connectivity index (χ0) is 16.2. The maximum atomic E-state index is 12.4. The highest BCUT2D eigenvalue weighted by molar-refractivity contribution is 6.30. The van der Waals surface area contributed by atoms with Crippen molar-refractivity contribution >= 4 is 29.9 Å². The van der Waals surface area contributed by atoms with Crippen LogP contribution >= 0.6 is 24.0 Å². The Labute approximate surface area is 149 Å². The first-order chi connectivity index (χ1) is 10.3. The van der Waals surface area contributed by atoms with Gasteiger partial charge in [0.1, 0.15) is 6.10 Å². The lowest BCUT2D eigenvalue weighted by Gasteiger charge is -2.30. The molecule has 23 heavy (non-hydrogen) atoms. The molecule has 1 aliphatic heterocycles. The van der Waals surface area contributed by atoms with Crippen LogP contribution in [0.5, 0.6) is 0 Å². The number of nitrogens with one attached hydrogen (secondary N) is 2. The van der Waals surface area contributed by atoms with Crippen molar-refractivity contribution in [3.05, 3.63) is 34.9 Å². The van der Waals surface area contributed by atoms with Crippen molar-refractivity contribution in [1.29, 1.82) is 0 Å². The average molecular weight is 361 g/mol. The minimum Gasteiger partial charge on any atom is -0.366 e. The fourth-order valence-electron chi connectivity index (χ4n) is 2.56. The Bertz CT molecular complexity index is 494. The van der Waals surface area contributed by atoms with Crippen LogP contribution in [0.2, 0.25) is 5.02 Å². The molecule has 130 valence electrons. The van der Waals surface area contributed by atoms with Crippen LogP contribution < -0.4 is 10.6 Å². The van der Waals surface area contributed by atoms with Gasteiger partial charge in [-0.15, -0.1) is 12.4 Å². The summed E-state index contributed by atoms with van der Waals surface area (Å²) < 4.78 is 5.53. The Morgan fingerprint density at radius 3 is 2.57 bits per heavy atom. The molecule has 2 atom stereocenters. The van der Waals surface area contributed by atoms with Gasteiger partial charge in [0.15, 0.2) is 0 Å². The predicted molar refractivity (Wildman–Crippen MR) is 96.3 cm³/mol. The summed E-state index contributed by atoms with van der Waals surface area (Å²) in [7, 11) is 0. The number of hydrogen-bond donors (Lipinski definition) is 2. The summed E-state index contributed by atoms with van der Waals surface area (Å²) in [6.07, 6.45) is 0.434. The zero-order valence-electron chi connectivity index (χ0n) is 13.9. The Hall–Kier alpha value is -0.810. The van der Waals surface area contributed by atoms with Gasteiger partial charge in [0.05, 0.1) is 12.6 Å². The molecule has 1 fully saturated rings. The molecule has 0 saturated carbocycles. The Morgan fingerprint density at radius 1 is 1.39 bits per heavy atom. The standard InChI is InChI=1S/C17H25ClN2O2.ClH/c1-17(2,3)10-14(12-4-6-13(18)7-5-12)20-16(21)15-11-19-8-9-22-15;/h4-7,14-15,19H,8-11H2,1-3H3,(H,20,21);1H. The lowest BCUT2D eigenvalue weighted by atomic mass is 9.85. The number of benzene rings is 1. The van der Waals surface area contributed by atoms with Gasteiger partial charge in [-0.2, -0.15) is 0 Å². The van der Waals surface area contributed by atoms with E-state index in [0.717, 1.165) is 18.5 Å². The van der Waals surface area contributed by atoms with Gasteiger partial charge in [-0.1, -0.05) is 44.5 Å². The van der Waals surface area contributed by atoms with Gasteiger partial charge in [0.25, 0.3) is 5.91 Å². The summed E-state index contributed by atoms with van der Waals surface area (Å²) in [4.78, 5) is 12.4. The van der Waals surface area contributed by atoms with Gasteiger partial charge in [0.2, 0.25) is 0 Å². The molecule has 1 aliphatic rings. The Kier molecular flexibility index (Phi) is 7.81. The Balaban J connectivity index is 0.00000264. The molecule has 0 radical (unpaired) electrons. The van der Waals surface area contributed by atoms with E-state index in [1.807, 2.05) is 24.3 Å². The molecule has 4 nitrogen and oxygen atoms in total. The summed E-state index contributed by atoms with van der Waals surface area (Å²) >= 11 is 5.96. The van der Waals surface area contributed by atoms with Crippen molar-refractivity contribution in [2.45, 2.75) is 39.3 Å². The Morgan fingerprint density at radius 2 is 2.04 bits per heavy atom. The van der Waals surface area contributed by atoms with Gasteiger partial charge in [-0.3, -0.25) is 4.79 Å². The van der Waals surface area contributed by atoms with Crippen LogP contribution in [-0.2, 0) is 9.53 Å². The third-order valence-corrected chi connectivity index (χ3v) is 3.88. The van der Waals surface area contributed by atoms with Crippen LogP contribution in [0.15, 0.2) is 24.3 Å². The smallest absolute Gasteiger partial charge is 0.250 e. The molecule has 0 aliphatic carbocycles. The number of ether oxygens (including phenoxy) is 1. The molecule has 0 spiro atoms. The average Bonchev–Trinajstić information content (AvgIpc) is 2.47. The van der Waals surface area contributed by atoms with Gasteiger partial charge >= 0.3 is 0 Å². The molecular formula is C17H26Cl2N2O2. The van der Waals surface area contributed by atoms with E-state index in [0.29, 0.717) is 18.2 Å². The van der Waals surface area contributed by atoms with Crippen LogP contribution in [-0.4, -0.2) is 31.7 Å². The summed E-state index contributed by atoms with van der Waals surface area (Å²) in [5, 5.41) is 7.01. The van der Waals surface area contributed by atoms with Crippen LogP contribution in [0.1, 0.15) is 38.8 Å². The van der Waals surface area contributed by atoms with Crippen LogP contribution in [0, 0.1) is 5.41 Å². The third kappa shape index (κ3) is 6.68. The van der Waals surface area contributed by atoms with E-state index in [2.05, 4.69) is 31.4 Å². The SMILES string of the molecule is CC(C)(C)CC(NC(=O)C1CNCCO1)c1ccc(Cl)cc1.Cl. The number of carbonyl (C=O) groups excluding carboxylic acids is 1. The molecule has 1 aromatic carbocycles. The van der Waals surface area contributed by atoms with Crippen molar-refractivity contribution in [3.63, 3.8) is 0 Å². The molecule has 2 unspecified atom stereocenters. The van der Waals surface area contributed by atoms with Crippen molar-refractivity contribution in [1.82, 2.24) is 10.6 Å². The lowest BCUT2D eigenvalue weighted by molar-refractivity contribution is -0.135. The van der Waals surface area contributed by atoms with Crippen molar-refractivity contribution in [2.75, 3.05) is 19.7 Å². The third-order valence-electron chi connectivity index (χ3n) is 3.63. The van der Waals surface area contributed by atoms with E-state index in [1.165, 1.54) is 0 Å². The molecule has 2 rings (SSSR count). The number of hydrogen-bond acceptors (Lipinski definition) is 3. The minimum atomic E-state index is -0.413. The number of amides is 1. The zero-order valence-corrected chi connectivity index (χ0v) is 15.5. The fourth-order valence-corrected chi connectivity index (χ4v) is 2.68.